The maximum Gasteiger partial charge on any atom is 0.303 e. The molecule has 1 aliphatic heterocycles. The molecule has 17 heavy (non-hydrogen) atoms. The fourth-order valence-electron chi connectivity index (χ4n) is 2.19. The highest BCUT2D eigenvalue weighted by Crippen LogP contribution is 2.21. The summed E-state index contributed by atoms with van der Waals surface area (Å²) in [5.41, 5.74) is 2.12. The molecule has 1 aliphatic rings. The average molecular weight is 235 g/mol. The second kappa shape index (κ2) is 5.29. The number of aliphatic carboxylic acids is 1. The Morgan fingerprint density at radius 3 is 2.35 bits per heavy atom. The van der Waals surface area contributed by atoms with Gasteiger partial charge in [-0.25, -0.2) is 0 Å². The molecular formula is C13H17NO3. The molecular weight excluding hydrogens is 218 g/mol. The summed E-state index contributed by atoms with van der Waals surface area (Å²) in [6.45, 7) is 2.68. The van der Waals surface area contributed by atoms with Gasteiger partial charge in [0.25, 0.3) is 0 Å². The van der Waals surface area contributed by atoms with E-state index in [0.717, 1.165) is 25.2 Å². The Labute approximate surface area is 100 Å². The van der Waals surface area contributed by atoms with Crippen molar-refractivity contribution in [3.8, 4) is 0 Å². The van der Waals surface area contributed by atoms with Crippen LogP contribution in [0.4, 0.5) is 0 Å². The largest absolute Gasteiger partial charge is 0.481 e. The summed E-state index contributed by atoms with van der Waals surface area (Å²) in [6, 6.07) is 7.86. The predicted molar refractivity (Wildman–Crippen MR) is 63.4 cm³/mol. The molecule has 4 heteroatoms. The number of aliphatic hydroxyl groups excluding tert-OH is 1. The number of carbonyl (C=O) groups is 1. The first kappa shape index (κ1) is 12.1. The van der Waals surface area contributed by atoms with Crippen molar-refractivity contribution in [1.82, 2.24) is 4.90 Å². The quantitative estimate of drug-likeness (QED) is 0.802. The lowest BCUT2D eigenvalue weighted by Crippen LogP contribution is -2.46. The first-order valence-corrected chi connectivity index (χ1v) is 5.80. The summed E-state index contributed by atoms with van der Waals surface area (Å²) in [4.78, 5) is 12.7. The highest BCUT2D eigenvalue weighted by Gasteiger charge is 2.28. The molecule has 0 saturated carbocycles. The van der Waals surface area contributed by atoms with Gasteiger partial charge in [-0.2, -0.15) is 0 Å². The number of carboxylic acid groups (broad SMARTS) is 1. The number of carboxylic acids is 1. The fourth-order valence-corrected chi connectivity index (χ4v) is 2.19. The van der Waals surface area contributed by atoms with Crippen LogP contribution in [0.25, 0.3) is 0 Å². The molecule has 0 aromatic heterocycles. The van der Waals surface area contributed by atoms with Gasteiger partial charge < -0.3 is 10.2 Å². The minimum atomic E-state index is -0.707. The molecule has 0 bridgehead atoms. The molecule has 2 N–H and O–H groups in total. The smallest absolute Gasteiger partial charge is 0.303 e. The third-order valence-corrected chi connectivity index (χ3v) is 3.11. The number of hydrogen-bond donors (Lipinski definition) is 2. The minimum absolute atomic E-state index is 0.0741. The molecule has 2 rings (SSSR count). The molecule has 1 heterocycles. The predicted octanol–water partition coefficient (Wildman–Crippen LogP) is 1.09. The van der Waals surface area contributed by atoms with E-state index in [9.17, 15) is 4.79 Å². The highest BCUT2D eigenvalue weighted by molar-refractivity contribution is 5.67. The molecule has 0 unspecified atom stereocenters. The molecule has 0 spiro atoms. The monoisotopic (exact) mass is 235 g/mol. The van der Waals surface area contributed by atoms with Crippen molar-refractivity contribution in [3.63, 3.8) is 0 Å². The van der Waals surface area contributed by atoms with Gasteiger partial charge in [0.2, 0.25) is 0 Å². The summed E-state index contributed by atoms with van der Waals surface area (Å²) >= 11 is 0. The van der Waals surface area contributed by atoms with Crippen LogP contribution in [0.2, 0.25) is 0 Å². The van der Waals surface area contributed by atoms with E-state index in [2.05, 4.69) is 4.90 Å². The van der Waals surface area contributed by atoms with E-state index in [-0.39, 0.29) is 13.0 Å². The number of likely N-dealkylation sites (tertiary alicyclic amines) is 1. The van der Waals surface area contributed by atoms with Crippen LogP contribution in [0.15, 0.2) is 24.3 Å². The van der Waals surface area contributed by atoms with Crippen LogP contribution in [-0.4, -0.2) is 34.2 Å². The van der Waals surface area contributed by atoms with Crippen molar-refractivity contribution in [1.29, 1.82) is 0 Å². The normalized spacial score (nSPS) is 16.8. The lowest BCUT2D eigenvalue weighted by Gasteiger charge is -2.38. The summed E-state index contributed by atoms with van der Waals surface area (Å²) in [5.74, 6) is -0.397. The Hall–Kier alpha value is -1.39. The number of hydrogen-bond acceptors (Lipinski definition) is 3. The van der Waals surface area contributed by atoms with Crippen molar-refractivity contribution in [2.45, 2.75) is 19.6 Å². The summed E-state index contributed by atoms with van der Waals surface area (Å²) in [5, 5.41) is 17.6. The average Bonchev–Trinajstić information content (AvgIpc) is 2.26. The SMILES string of the molecule is O=C(O)CC1CN(Cc2ccc(CO)cc2)C1. The zero-order valence-corrected chi connectivity index (χ0v) is 9.67. The Kier molecular flexibility index (Phi) is 3.76. The standard InChI is InChI=1S/C13H17NO3/c15-9-11-3-1-10(2-4-11)6-14-7-12(8-14)5-13(16)17/h1-4,12,15H,5-9H2,(H,16,17). The van der Waals surface area contributed by atoms with E-state index >= 15 is 0 Å². The van der Waals surface area contributed by atoms with Gasteiger partial charge in [-0.3, -0.25) is 9.69 Å². The number of rotatable bonds is 5. The van der Waals surface area contributed by atoms with Crippen LogP contribution >= 0.6 is 0 Å². The van der Waals surface area contributed by atoms with Gasteiger partial charge in [0.1, 0.15) is 0 Å². The summed E-state index contributed by atoms with van der Waals surface area (Å²) in [7, 11) is 0. The van der Waals surface area contributed by atoms with Crippen LogP contribution in [0, 0.1) is 5.92 Å². The molecule has 1 aromatic rings. The summed E-state index contributed by atoms with van der Waals surface area (Å²) < 4.78 is 0. The van der Waals surface area contributed by atoms with Crippen LogP contribution in [0.1, 0.15) is 17.5 Å². The van der Waals surface area contributed by atoms with Gasteiger partial charge in [0.05, 0.1) is 13.0 Å². The maximum absolute atomic E-state index is 10.5. The topological polar surface area (TPSA) is 60.8 Å². The second-order valence-corrected chi connectivity index (χ2v) is 4.63. The Bertz CT molecular complexity index is 382. The van der Waals surface area contributed by atoms with Crippen LogP contribution in [0.3, 0.4) is 0 Å². The molecule has 4 nitrogen and oxygen atoms in total. The second-order valence-electron chi connectivity index (χ2n) is 4.63. The lowest BCUT2D eigenvalue weighted by atomic mass is 9.96. The van der Waals surface area contributed by atoms with Crippen molar-refractivity contribution >= 4 is 5.97 Å². The molecule has 1 fully saturated rings. The molecule has 92 valence electrons. The first-order valence-electron chi connectivity index (χ1n) is 5.80. The van der Waals surface area contributed by atoms with Gasteiger partial charge in [0, 0.05) is 19.6 Å². The minimum Gasteiger partial charge on any atom is -0.481 e. The Morgan fingerprint density at radius 1 is 1.24 bits per heavy atom. The van der Waals surface area contributed by atoms with Gasteiger partial charge in [-0.1, -0.05) is 24.3 Å². The van der Waals surface area contributed by atoms with E-state index in [1.807, 2.05) is 24.3 Å². The third kappa shape index (κ3) is 3.28. The van der Waals surface area contributed by atoms with Gasteiger partial charge in [-0.05, 0) is 17.0 Å². The molecule has 0 amide bonds. The van der Waals surface area contributed by atoms with E-state index in [0.29, 0.717) is 5.92 Å². The van der Waals surface area contributed by atoms with Crippen LogP contribution in [-0.2, 0) is 17.9 Å². The van der Waals surface area contributed by atoms with Gasteiger partial charge in [-0.15, -0.1) is 0 Å². The Morgan fingerprint density at radius 2 is 1.82 bits per heavy atom. The van der Waals surface area contributed by atoms with Crippen molar-refractivity contribution < 1.29 is 15.0 Å². The maximum atomic E-state index is 10.5. The first-order chi connectivity index (χ1) is 8.17. The molecule has 1 aromatic carbocycles. The van der Waals surface area contributed by atoms with Crippen LogP contribution < -0.4 is 0 Å². The van der Waals surface area contributed by atoms with Crippen molar-refractivity contribution in [2.75, 3.05) is 13.1 Å². The van der Waals surface area contributed by atoms with Crippen molar-refractivity contribution in [2.24, 2.45) is 5.92 Å². The zero-order chi connectivity index (χ0) is 12.3. The molecule has 0 aliphatic carbocycles. The zero-order valence-electron chi connectivity index (χ0n) is 9.67. The van der Waals surface area contributed by atoms with Crippen molar-refractivity contribution in [3.05, 3.63) is 35.4 Å². The number of aliphatic hydroxyl groups is 1. The van der Waals surface area contributed by atoms with Gasteiger partial charge >= 0.3 is 5.97 Å². The number of benzene rings is 1. The molecule has 1 saturated heterocycles. The van der Waals surface area contributed by atoms with E-state index in [1.54, 1.807) is 0 Å². The Balaban J connectivity index is 1.77. The third-order valence-electron chi connectivity index (χ3n) is 3.11. The molecule has 0 radical (unpaired) electrons. The van der Waals surface area contributed by atoms with E-state index in [1.165, 1.54) is 5.56 Å². The van der Waals surface area contributed by atoms with Gasteiger partial charge in [0.15, 0.2) is 0 Å². The summed E-state index contributed by atoms with van der Waals surface area (Å²) in [6.07, 6.45) is 0.278. The van der Waals surface area contributed by atoms with Crippen LogP contribution in [0.5, 0.6) is 0 Å². The molecule has 0 atom stereocenters. The van der Waals surface area contributed by atoms with E-state index in [4.69, 9.17) is 10.2 Å². The number of nitrogens with zero attached hydrogens (tertiary/aromatic N) is 1. The fraction of sp³-hybridized carbons (Fsp3) is 0.462. The highest BCUT2D eigenvalue weighted by atomic mass is 16.4. The van der Waals surface area contributed by atoms with E-state index < -0.39 is 5.97 Å². The lowest BCUT2D eigenvalue weighted by molar-refractivity contribution is -0.139.